The van der Waals surface area contributed by atoms with E-state index < -0.39 is 101 Å². The Labute approximate surface area is 668 Å². The summed E-state index contributed by atoms with van der Waals surface area (Å²) in [5, 5.41) is 16.8. The molecule has 0 bridgehead atoms. The Balaban J connectivity index is 0.538. The fourth-order valence-electron chi connectivity index (χ4n) is 13.1. The van der Waals surface area contributed by atoms with Crippen LogP contribution in [0.15, 0.2) is 285 Å². The van der Waals surface area contributed by atoms with Gasteiger partial charge >= 0.3 is 0 Å². The first-order valence-corrected chi connectivity index (χ1v) is 43.9. The molecule has 8 aromatic carbocycles. The van der Waals surface area contributed by atoms with Crippen LogP contribution in [0.1, 0.15) is 55.9 Å². The summed E-state index contributed by atoms with van der Waals surface area (Å²) in [6, 6.07) is 53.0. The summed E-state index contributed by atoms with van der Waals surface area (Å²) in [6.45, 7) is 5.14. The van der Waals surface area contributed by atoms with Gasteiger partial charge in [0.15, 0.2) is 37.9 Å². The van der Waals surface area contributed by atoms with E-state index in [0.29, 0.717) is 146 Å². The Morgan fingerprint density at radius 3 is 0.724 bits per heavy atom. The molecule has 0 aliphatic rings. The molecule has 0 fully saturated rings. The number of nitrogens with zero attached hydrogens (tertiary/aromatic N) is 8. The van der Waals surface area contributed by atoms with Crippen molar-refractivity contribution in [2.75, 3.05) is 52.9 Å². The van der Waals surface area contributed by atoms with Crippen molar-refractivity contribution in [3.8, 4) is 22.6 Å². The monoisotopic (exact) mass is 1700 g/mol. The van der Waals surface area contributed by atoms with Crippen molar-refractivity contribution in [2.24, 2.45) is 0 Å². The van der Waals surface area contributed by atoms with Crippen molar-refractivity contribution >= 4 is 60.7 Å². The van der Waals surface area contributed by atoms with Gasteiger partial charge in [-0.3, -0.25) is 27.3 Å². The second-order valence-corrected chi connectivity index (χ2v) is 34.7. The van der Waals surface area contributed by atoms with E-state index >= 15 is 0 Å². The zero-order valence-corrected chi connectivity index (χ0v) is 66.1. The molecule has 116 heavy (non-hydrogen) atoms. The topological polar surface area (TPSA) is 451 Å². The molecule has 0 atom stereocenters. The molecule has 0 saturated heterocycles. The molecule has 0 spiro atoms. The van der Waals surface area contributed by atoms with Gasteiger partial charge in [-0.05, 0) is 153 Å². The number of hydrogen-bond acceptors (Lipinski definition) is 22. The van der Waals surface area contributed by atoms with Crippen molar-refractivity contribution in [3.63, 3.8) is 0 Å². The van der Waals surface area contributed by atoms with Crippen LogP contribution in [0.2, 0.25) is 0 Å². The number of aromatic nitrogens is 8. The molecule has 4 aromatic heterocycles. The third kappa shape index (κ3) is 20.9. The van der Waals surface area contributed by atoms with Crippen molar-refractivity contribution < 1.29 is 115 Å². The van der Waals surface area contributed by atoms with Crippen LogP contribution in [0.3, 0.4) is 0 Å². The largest absolute Gasteiger partial charge is 0.487 e. The lowest BCUT2D eigenvalue weighted by atomic mass is 9.65. The summed E-state index contributed by atoms with van der Waals surface area (Å²) in [5.41, 5.74) is 3.56. The van der Waals surface area contributed by atoms with E-state index in [0.717, 1.165) is 11.1 Å². The van der Waals surface area contributed by atoms with Gasteiger partial charge in [-0.15, -0.1) is 10.2 Å². The van der Waals surface area contributed by atoms with Crippen molar-refractivity contribution in [2.45, 2.75) is 79.6 Å². The smallest absolute Gasteiger partial charge is 0.294 e. The summed E-state index contributed by atoms with van der Waals surface area (Å²) in [7, 11) is -27.8. The Bertz CT molecular complexity index is 5360. The van der Waals surface area contributed by atoms with Crippen molar-refractivity contribution in [3.05, 3.63) is 311 Å². The van der Waals surface area contributed by atoms with E-state index in [9.17, 15) is 77.8 Å². The Kier molecular flexibility index (Phi) is 26.4. The normalized spacial score (nSPS) is 12.6. The van der Waals surface area contributed by atoms with E-state index in [1.807, 2.05) is 58.2 Å². The minimum atomic E-state index is -4.63. The van der Waals surface area contributed by atoms with Crippen LogP contribution in [0.25, 0.3) is 11.1 Å². The highest BCUT2D eigenvalue weighted by atomic mass is 32.2. The number of ether oxygens (including phenoxy) is 6. The standard InChI is InChI=1S/C78H74N8O24S6/c87-111(88,89)71-21-5-61(6-22-71)77(62-7-23-72(24-8-62)112(90,91)92,63-9-25-73(26-10-63)113(93,94)95)59-1-17-69(18-2-59)109-55-67-53-85(81-79-67)43-47-107-51-49-105-45-41-83-37-33-57(34-38-83)58-35-39-84(40-36-58)42-46-106-50-52-108-48-44-86-54-68(80-82-86)56-110-70-19-3-60(4-20-70)78(64-11-27-74(28-12-64)114(96,97)98,65-13-29-75(30-14-65)115(99,100)101)66-15-31-76(32-16-66)116(102,103)104/h1-40,53-54H,41-52,55-56H2,(H4-2,87,88,89,90,91,92,93,94,95,96,97,98,99,100,101,102,103,104)/p+2. The highest BCUT2D eigenvalue weighted by Crippen LogP contribution is 2.48. The van der Waals surface area contributed by atoms with Crippen LogP contribution in [-0.4, -0.2) is 161 Å². The van der Waals surface area contributed by atoms with Gasteiger partial charge in [0.05, 0.1) is 105 Å². The van der Waals surface area contributed by atoms with Gasteiger partial charge < -0.3 is 28.4 Å². The average molecular weight is 1700 g/mol. The number of hydrogen-bond donors (Lipinski definition) is 6. The fourth-order valence-corrected chi connectivity index (χ4v) is 16.0. The van der Waals surface area contributed by atoms with E-state index in [4.69, 9.17) is 28.4 Å². The molecule has 0 aliphatic heterocycles. The second-order valence-electron chi connectivity index (χ2n) is 26.2. The van der Waals surface area contributed by atoms with Gasteiger partial charge in [0.1, 0.15) is 49.3 Å². The first-order valence-electron chi connectivity index (χ1n) is 35.3. The Morgan fingerprint density at radius 1 is 0.284 bits per heavy atom. The SMILES string of the molecule is O=S(=O)(O)c1ccc(C(c2ccc(OCc3cn(CCOCCOCC[n+]4ccc(-c5cc[n+](CCOCCOCCn6cc(COc7ccc(C(c8ccc(S(=O)(=O)O)cc8)(c8ccc(S(=O)(=O)O)cc8)c8ccc(S(=O)(=O)O)cc8)cc7)nn6)cc5)cc4)nn3)cc2)(c2ccc(S(=O)(=O)O)cc2)c2ccc(S(=O)(=O)O)cc2)cc1. The maximum Gasteiger partial charge on any atom is 0.294 e. The highest BCUT2D eigenvalue weighted by molar-refractivity contribution is 7.87. The predicted molar refractivity (Wildman–Crippen MR) is 413 cm³/mol. The summed E-state index contributed by atoms with van der Waals surface area (Å²) in [6.07, 6.45) is 11.4. The van der Waals surface area contributed by atoms with Crippen LogP contribution >= 0.6 is 0 Å². The van der Waals surface area contributed by atoms with Gasteiger partial charge in [-0.25, -0.2) is 18.5 Å². The van der Waals surface area contributed by atoms with Crippen molar-refractivity contribution in [1.82, 2.24) is 30.0 Å². The lowest BCUT2D eigenvalue weighted by Gasteiger charge is -2.37. The Morgan fingerprint density at radius 2 is 0.500 bits per heavy atom. The molecular weight excluding hydrogens is 1630 g/mol. The van der Waals surface area contributed by atoms with Crippen molar-refractivity contribution in [1.29, 1.82) is 0 Å². The summed E-state index contributed by atoms with van der Waals surface area (Å²) in [4.78, 5) is -2.47. The zero-order valence-electron chi connectivity index (χ0n) is 61.2. The third-order valence-electron chi connectivity index (χ3n) is 18.8. The molecule has 32 nitrogen and oxygen atoms in total. The maximum absolute atomic E-state index is 12.1. The molecule has 606 valence electrons. The third-order valence-corrected chi connectivity index (χ3v) is 24.0. The molecule has 0 unspecified atom stereocenters. The minimum absolute atomic E-state index is 0.0248. The molecule has 12 aromatic rings. The maximum atomic E-state index is 12.1. The molecule has 0 saturated carbocycles. The van der Waals surface area contributed by atoms with Crippen LogP contribution in [0, 0.1) is 0 Å². The molecule has 4 heterocycles. The van der Waals surface area contributed by atoms with Gasteiger partial charge in [-0.1, -0.05) is 107 Å². The van der Waals surface area contributed by atoms with Gasteiger partial charge in [0, 0.05) is 24.3 Å². The summed E-state index contributed by atoms with van der Waals surface area (Å²) in [5.74, 6) is 0.804. The lowest BCUT2D eigenvalue weighted by molar-refractivity contribution is -0.698. The quantitative estimate of drug-likeness (QED) is 0.00919. The number of rotatable bonds is 39. The fraction of sp³-hybridized carbons (Fsp3) is 0.205. The molecule has 12 rings (SSSR count). The highest BCUT2D eigenvalue weighted by Gasteiger charge is 2.41. The van der Waals surface area contributed by atoms with Crippen LogP contribution in [-0.2, 0) is 130 Å². The van der Waals surface area contributed by atoms with Gasteiger partial charge in [-0.2, -0.15) is 50.5 Å². The molecule has 6 N–H and O–H groups in total. The van der Waals surface area contributed by atoms with Crippen LogP contribution < -0.4 is 18.6 Å². The lowest BCUT2D eigenvalue weighted by Crippen LogP contribution is -2.35. The van der Waals surface area contributed by atoms with E-state index in [1.54, 1.807) is 70.3 Å². The molecule has 0 radical (unpaired) electrons. The minimum Gasteiger partial charge on any atom is -0.487 e. The molecule has 0 aliphatic carbocycles. The van der Waals surface area contributed by atoms with Gasteiger partial charge in [0.25, 0.3) is 60.7 Å². The second kappa shape index (κ2) is 36.2. The first kappa shape index (κ1) is 84.6. The molecular formula is C78H76N8O24S6+2. The Hall–Kier alpha value is -10.8. The summed E-state index contributed by atoms with van der Waals surface area (Å²) >= 11 is 0. The van der Waals surface area contributed by atoms with Gasteiger partial charge in [0.2, 0.25) is 0 Å². The summed E-state index contributed by atoms with van der Waals surface area (Å²) < 4.78 is 247. The predicted octanol–water partition coefficient (Wildman–Crippen LogP) is 7.98. The first-order chi connectivity index (χ1) is 55.2. The number of benzene rings is 8. The molecule has 0 amide bonds. The molecule has 38 heteroatoms. The van der Waals surface area contributed by atoms with Crippen LogP contribution in [0.5, 0.6) is 11.5 Å². The van der Waals surface area contributed by atoms with E-state index in [-0.39, 0.29) is 13.2 Å². The van der Waals surface area contributed by atoms with E-state index in [1.165, 1.54) is 146 Å². The van der Waals surface area contributed by atoms with E-state index in [2.05, 4.69) is 20.6 Å². The zero-order chi connectivity index (χ0) is 82.5. The average Bonchev–Trinajstić information content (AvgIpc) is 0.913. The number of pyridine rings is 2. The van der Waals surface area contributed by atoms with Crippen LogP contribution in [0.4, 0.5) is 0 Å².